The predicted octanol–water partition coefficient (Wildman–Crippen LogP) is 2.10. The molecule has 118 valence electrons. The van der Waals surface area contributed by atoms with Crippen molar-refractivity contribution >= 4 is 23.4 Å². The highest BCUT2D eigenvalue weighted by Gasteiger charge is 2.36. The molecule has 0 aliphatic carbocycles. The summed E-state index contributed by atoms with van der Waals surface area (Å²) in [4.78, 5) is 37.7. The second kappa shape index (κ2) is 5.97. The van der Waals surface area contributed by atoms with Crippen molar-refractivity contribution in [1.82, 2.24) is 4.90 Å². The maximum atomic E-state index is 12.3. The Kier molecular flexibility index (Phi) is 3.84. The monoisotopic (exact) mass is 319 g/mol. The standard InChI is InChI=1S/C18H13N3O3/c1-11-5-6-14-15(7-11)18(24)21(17(14)23)10-16(22)20-13-4-2-3-12(8-13)9-19/h2-8H,10H2,1H3,(H,20,22). The number of hydrogen-bond acceptors (Lipinski definition) is 4. The topological polar surface area (TPSA) is 90.3 Å². The first kappa shape index (κ1) is 15.4. The molecule has 2 aromatic rings. The van der Waals surface area contributed by atoms with Crippen LogP contribution in [0.25, 0.3) is 0 Å². The third kappa shape index (κ3) is 2.75. The molecule has 0 bridgehead atoms. The molecule has 2 aromatic carbocycles. The molecule has 0 spiro atoms. The molecular formula is C18H13N3O3. The van der Waals surface area contributed by atoms with Gasteiger partial charge in [-0.25, -0.2) is 0 Å². The van der Waals surface area contributed by atoms with Gasteiger partial charge in [-0.15, -0.1) is 0 Å². The van der Waals surface area contributed by atoms with Gasteiger partial charge in [0.15, 0.2) is 0 Å². The van der Waals surface area contributed by atoms with Crippen LogP contribution in [0.2, 0.25) is 0 Å². The zero-order chi connectivity index (χ0) is 17.3. The average molecular weight is 319 g/mol. The Morgan fingerprint density at radius 3 is 2.62 bits per heavy atom. The quantitative estimate of drug-likeness (QED) is 0.877. The molecule has 1 heterocycles. The fraction of sp³-hybridized carbons (Fsp3) is 0.111. The number of carbonyl (C=O) groups is 3. The Balaban J connectivity index is 1.75. The maximum absolute atomic E-state index is 12.3. The van der Waals surface area contributed by atoms with E-state index in [9.17, 15) is 14.4 Å². The van der Waals surface area contributed by atoms with E-state index in [1.807, 2.05) is 13.0 Å². The van der Waals surface area contributed by atoms with Gasteiger partial charge in [-0.3, -0.25) is 19.3 Å². The minimum absolute atomic E-state index is 0.310. The van der Waals surface area contributed by atoms with E-state index >= 15 is 0 Å². The van der Waals surface area contributed by atoms with Crippen molar-refractivity contribution in [3.8, 4) is 6.07 Å². The van der Waals surface area contributed by atoms with Gasteiger partial charge in [0.25, 0.3) is 11.8 Å². The van der Waals surface area contributed by atoms with Gasteiger partial charge in [-0.1, -0.05) is 17.7 Å². The zero-order valence-corrected chi connectivity index (χ0v) is 12.9. The average Bonchev–Trinajstić information content (AvgIpc) is 2.79. The number of aryl methyl sites for hydroxylation is 1. The van der Waals surface area contributed by atoms with Gasteiger partial charge in [-0.05, 0) is 37.3 Å². The number of imide groups is 1. The van der Waals surface area contributed by atoms with Crippen LogP contribution in [-0.2, 0) is 4.79 Å². The third-order valence-corrected chi connectivity index (χ3v) is 3.70. The van der Waals surface area contributed by atoms with Crippen molar-refractivity contribution in [3.05, 3.63) is 64.7 Å². The van der Waals surface area contributed by atoms with Crippen molar-refractivity contribution in [1.29, 1.82) is 5.26 Å². The van der Waals surface area contributed by atoms with Crippen molar-refractivity contribution in [3.63, 3.8) is 0 Å². The van der Waals surface area contributed by atoms with Crippen LogP contribution < -0.4 is 5.32 Å². The van der Waals surface area contributed by atoms with E-state index < -0.39 is 17.7 Å². The summed E-state index contributed by atoms with van der Waals surface area (Å²) in [5.74, 6) is -1.45. The number of nitrogens with zero attached hydrogens (tertiary/aromatic N) is 2. The minimum Gasteiger partial charge on any atom is -0.324 e. The van der Waals surface area contributed by atoms with Gasteiger partial charge in [0.05, 0.1) is 22.8 Å². The molecule has 1 N–H and O–H groups in total. The lowest BCUT2D eigenvalue weighted by atomic mass is 10.1. The van der Waals surface area contributed by atoms with Gasteiger partial charge in [0, 0.05) is 5.69 Å². The number of nitrogens with one attached hydrogen (secondary N) is 1. The molecule has 24 heavy (non-hydrogen) atoms. The second-order valence-corrected chi connectivity index (χ2v) is 5.49. The summed E-state index contributed by atoms with van der Waals surface area (Å²) in [6.45, 7) is 1.46. The number of hydrogen-bond donors (Lipinski definition) is 1. The normalized spacial score (nSPS) is 12.8. The Labute approximate surface area is 138 Å². The van der Waals surface area contributed by atoms with E-state index in [2.05, 4.69) is 5.32 Å². The van der Waals surface area contributed by atoms with Crippen molar-refractivity contribution in [2.24, 2.45) is 0 Å². The molecule has 0 aromatic heterocycles. The number of amides is 3. The van der Waals surface area contributed by atoms with Crippen LogP contribution in [0, 0.1) is 18.3 Å². The van der Waals surface area contributed by atoms with E-state index in [-0.39, 0.29) is 6.54 Å². The van der Waals surface area contributed by atoms with Crippen LogP contribution in [0.4, 0.5) is 5.69 Å². The molecule has 0 saturated carbocycles. The molecule has 0 unspecified atom stereocenters. The molecule has 3 rings (SSSR count). The molecule has 1 aliphatic rings. The SMILES string of the molecule is Cc1ccc2c(c1)C(=O)N(CC(=O)Nc1cccc(C#N)c1)C2=O. The Hall–Kier alpha value is -3.46. The van der Waals surface area contributed by atoms with E-state index in [1.54, 1.807) is 36.4 Å². The van der Waals surface area contributed by atoms with Crippen LogP contribution in [-0.4, -0.2) is 29.2 Å². The summed E-state index contributed by atoms with van der Waals surface area (Å²) < 4.78 is 0. The largest absolute Gasteiger partial charge is 0.324 e. The molecule has 1 aliphatic heterocycles. The summed E-state index contributed by atoms with van der Waals surface area (Å²) >= 11 is 0. The van der Waals surface area contributed by atoms with Crippen LogP contribution in [0.5, 0.6) is 0 Å². The molecule has 0 atom stereocenters. The Morgan fingerprint density at radius 2 is 1.88 bits per heavy atom. The minimum atomic E-state index is -0.503. The molecule has 0 saturated heterocycles. The first-order valence-electron chi connectivity index (χ1n) is 7.26. The highest BCUT2D eigenvalue weighted by molar-refractivity contribution is 6.22. The Bertz CT molecular complexity index is 912. The van der Waals surface area contributed by atoms with Crippen LogP contribution in [0.15, 0.2) is 42.5 Å². The first-order chi connectivity index (χ1) is 11.5. The van der Waals surface area contributed by atoms with Gasteiger partial charge in [0.2, 0.25) is 5.91 Å². The molecule has 0 radical (unpaired) electrons. The van der Waals surface area contributed by atoms with Crippen molar-refractivity contribution in [2.75, 3.05) is 11.9 Å². The summed E-state index contributed by atoms with van der Waals surface area (Å²) in [5.41, 5.74) is 2.34. The fourth-order valence-electron chi connectivity index (χ4n) is 2.56. The lowest BCUT2D eigenvalue weighted by Gasteiger charge is -2.13. The van der Waals surface area contributed by atoms with Crippen molar-refractivity contribution in [2.45, 2.75) is 6.92 Å². The number of fused-ring (bicyclic) bond motifs is 1. The van der Waals surface area contributed by atoms with Crippen LogP contribution in [0.3, 0.4) is 0 Å². The highest BCUT2D eigenvalue weighted by Crippen LogP contribution is 2.23. The number of carbonyl (C=O) groups excluding carboxylic acids is 3. The predicted molar refractivity (Wildman–Crippen MR) is 86.3 cm³/mol. The molecule has 6 nitrogen and oxygen atoms in total. The first-order valence-corrected chi connectivity index (χ1v) is 7.26. The van der Waals surface area contributed by atoms with E-state index in [0.717, 1.165) is 10.5 Å². The number of rotatable bonds is 3. The summed E-state index contributed by atoms with van der Waals surface area (Å²) in [6, 6.07) is 13.4. The number of benzene rings is 2. The smallest absolute Gasteiger partial charge is 0.262 e. The van der Waals surface area contributed by atoms with E-state index in [4.69, 9.17) is 5.26 Å². The number of nitriles is 1. The van der Waals surface area contributed by atoms with Gasteiger partial charge in [0.1, 0.15) is 6.54 Å². The van der Waals surface area contributed by atoms with Crippen LogP contribution in [0.1, 0.15) is 31.8 Å². The maximum Gasteiger partial charge on any atom is 0.262 e. The van der Waals surface area contributed by atoms with E-state index in [1.165, 1.54) is 6.07 Å². The highest BCUT2D eigenvalue weighted by atomic mass is 16.2. The van der Waals surface area contributed by atoms with Gasteiger partial charge >= 0.3 is 0 Å². The summed E-state index contributed by atoms with van der Waals surface area (Å²) in [6.07, 6.45) is 0. The molecule has 0 fully saturated rings. The van der Waals surface area contributed by atoms with Gasteiger partial charge < -0.3 is 5.32 Å². The second-order valence-electron chi connectivity index (χ2n) is 5.49. The zero-order valence-electron chi connectivity index (χ0n) is 12.9. The van der Waals surface area contributed by atoms with Crippen molar-refractivity contribution < 1.29 is 14.4 Å². The number of anilines is 1. The lowest BCUT2D eigenvalue weighted by Crippen LogP contribution is -2.37. The third-order valence-electron chi connectivity index (χ3n) is 3.70. The van der Waals surface area contributed by atoms with E-state index in [0.29, 0.717) is 22.4 Å². The summed E-state index contributed by atoms with van der Waals surface area (Å²) in [7, 11) is 0. The molecule has 3 amide bonds. The fourth-order valence-corrected chi connectivity index (χ4v) is 2.56. The molecule has 6 heteroatoms. The molecular weight excluding hydrogens is 306 g/mol. The summed E-state index contributed by atoms with van der Waals surface area (Å²) in [5, 5.41) is 11.4. The van der Waals surface area contributed by atoms with Gasteiger partial charge in [-0.2, -0.15) is 5.26 Å². The Morgan fingerprint density at radius 1 is 1.12 bits per heavy atom. The van der Waals surface area contributed by atoms with Crippen LogP contribution >= 0.6 is 0 Å². The lowest BCUT2D eigenvalue weighted by molar-refractivity contribution is -0.116.